The van der Waals surface area contributed by atoms with Crippen LogP contribution in [0.4, 0.5) is 0 Å². The Labute approximate surface area is 36.4 Å². The fourth-order valence-electron chi connectivity index (χ4n) is 0.0730. The van der Waals surface area contributed by atoms with Crippen LogP contribution in [0.15, 0.2) is 5.11 Å². The second-order valence-electron chi connectivity index (χ2n) is 0.596. The van der Waals surface area contributed by atoms with Gasteiger partial charge in [-0.2, -0.15) is 0 Å². The van der Waals surface area contributed by atoms with E-state index in [0.717, 1.165) is 0 Å². The predicted molar refractivity (Wildman–Crippen MR) is 21.1 cm³/mol. The summed E-state index contributed by atoms with van der Waals surface area (Å²) in [5.74, 6) is 0. The summed E-state index contributed by atoms with van der Waals surface area (Å²) in [5, 5.41) is 11.0. The van der Waals surface area contributed by atoms with Gasteiger partial charge in [-0.25, -0.2) is 0 Å². The third-order valence-corrected chi connectivity index (χ3v) is 0.227. The molecule has 34 valence electrons. The molecule has 0 saturated heterocycles. The Kier molecular flexibility index (Phi) is 2.46. The van der Waals surface area contributed by atoms with Crippen LogP contribution in [0.2, 0.25) is 0 Å². The quantitative estimate of drug-likeness (QED) is 0.295. The molecule has 0 fully saturated rings. The maximum atomic E-state index is 8.09. The lowest BCUT2D eigenvalue weighted by Crippen LogP contribution is -1.82. The molecule has 6 heavy (non-hydrogen) atoms. The first-order chi connectivity index (χ1) is 3.27. The summed E-state index contributed by atoms with van der Waals surface area (Å²) in [6, 6.07) is 0. The number of azide groups is 1. The van der Waals surface area contributed by atoms with Crippen LogP contribution in [0, 0.1) is 0 Å². The van der Waals surface area contributed by atoms with Gasteiger partial charge >= 0.3 is 0 Å². The van der Waals surface area contributed by atoms with E-state index in [9.17, 15) is 0 Å². The molecule has 1 atom stereocenters. The minimum Gasteiger partial charge on any atom is -0.396 e. The molecule has 4 heteroatoms. The summed E-state index contributed by atoms with van der Waals surface area (Å²) >= 11 is 0. The maximum absolute atomic E-state index is 8.09. The molecule has 0 bridgehead atoms. The van der Waals surface area contributed by atoms with Crippen molar-refractivity contribution in [2.45, 2.75) is 0 Å². The molecule has 1 N–H and O–H groups in total. The van der Waals surface area contributed by atoms with Gasteiger partial charge in [0.2, 0.25) is 0 Å². The Bertz CT molecular complexity index is 86.9. The molecule has 0 aliphatic heterocycles. The number of aliphatic hydroxyl groups is 1. The highest BCUT2D eigenvalue weighted by molar-refractivity contribution is 4.40. The first-order valence-corrected chi connectivity index (χ1v) is 1.38. The maximum Gasteiger partial charge on any atom is 0.0565 e. The summed E-state index contributed by atoms with van der Waals surface area (Å²) in [7, 11) is 0. The van der Waals surface area contributed by atoms with Crippen molar-refractivity contribution < 1.29 is 6.48 Å². The van der Waals surface area contributed by atoms with E-state index in [1.165, 1.54) is 0 Å². The van der Waals surface area contributed by atoms with Crippen molar-refractivity contribution in [1.29, 1.82) is 0 Å². The lowest BCUT2D eigenvalue weighted by Gasteiger charge is -1.72. The molecule has 0 spiro atoms. The Morgan fingerprint density at radius 2 is 2.83 bits per heavy atom. The molecular weight excluding hydrogens is 82.0 g/mol. The Balaban J connectivity index is 3.13. The Hall–Kier alpha value is -0.730. The van der Waals surface area contributed by atoms with Gasteiger partial charge < -0.3 is 5.11 Å². The van der Waals surface area contributed by atoms with Crippen LogP contribution in [0.25, 0.3) is 10.4 Å². The van der Waals surface area contributed by atoms with Crippen molar-refractivity contribution in [3.63, 3.8) is 0 Å². The van der Waals surface area contributed by atoms with E-state index in [1.54, 1.807) is 0 Å². The van der Waals surface area contributed by atoms with Crippen LogP contribution in [-0.2, 0) is 0 Å². The fraction of sp³-hybridized carbons (Fsp3) is 1.00. The van der Waals surface area contributed by atoms with Crippen molar-refractivity contribution in [1.82, 2.24) is 0 Å². The molecule has 0 saturated carbocycles. The van der Waals surface area contributed by atoms with E-state index < -0.39 is 6.58 Å². The number of rotatable bonds is 2. The van der Waals surface area contributed by atoms with Gasteiger partial charge in [0.1, 0.15) is 0 Å². The number of nitrogens with zero attached hydrogens (tertiary/aromatic N) is 3. The normalized spacial score (nSPS) is 14.5. The summed E-state index contributed by atoms with van der Waals surface area (Å²) in [6.45, 7) is -1.44. The van der Waals surface area contributed by atoms with Crippen LogP contribution >= 0.6 is 0 Å². The molecular formula is C2H5N3O. The number of aliphatic hydroxyl groups excluding tert-OH is 1. The highest BCUT2D eigenvalue weighted by atomic mass is 16.3. The molecule has 0 aromatic rings. The van der Waals surface area contributed by atoms with E-state index in [4.69, 9.17) is 12.0 Å². The molecule has 0 aromatic carbocycles. The molecule has 0 aromatic heterocycles. The third kappa shape index (κ3) is 3.27. The molecule has 0 aliphatic carbocycles. The zero-order chi connectivity index (χ0) is 5.70. The minimum atomic E-state index is -1.27. The monoisotopic (exact) mass is 89.1 g/mol. The van der Waals surface area contributed by atoms with Crippen LogP contribution in [0.3, 0.4) is 0 Å². The third-order valence-electron chi connectivity index (χ3n) is 0.227. The lowest BCUT2D eigenvalue weighted by molar-refractivity contribution is 0.306. The van der Waals surface area contributed by atoms with Gasteiger partial charge in [-0.3, -0.25) is 0 Å². The van der Waals surface area contributed by atoms with Crippen molar-refractivity contribution in [2.24, 2.45) is 5.11 Å². The number of hydrogen-bond acceptors (Lipinski definition) is 2. The lowest BCUT2D eigenvalue weighted by atomic mass is 10.8. The largest absolute Gasteiger partial charge is 0.396 e. The van der Waals surface area contributed by atoms with Gasteiger partial charge in [0.05, 0.1) is 1.37 Å². The van der Waals surface area contributed by atoms with E-state index in [2.05, 4.69) is 10.0 Å². The van der Waals surface area contributed by atoms with E-state index in [1.807, 2.05) is 0 Å². The minimum absolute atomic E-state index is 0.170. The first-order valence-electron chi connectivity index (χ1n) is 1.96. The second-order valence-corrected chi connectivity index (χ2v) is 0.596. The summed E-state index contributed by atoms with van der Waals surface area (Å²) in [4.78, 5) is 2.32. The molecule has 0 amide bonds. The summed E-state index contributed by atoms with van der Waals surface area (Å²) in [6.07, 6.45) is 0. The highest BCUT2D eigenvalue weighted by Gasteiger charge is 1.66. The van der Waals surface area contributed by atoms with Crippen molar-refractivity contribution in [3.05, 3.63) is 10.4 Å². The average Bonchev–Trinajstić information content (AvgIpc) is 1.61. The zero-order valence-electron chi connectivity index (χ0n) is 4.07. The second kappa shape index (κ2) is 4.27. The average molecular weight is 89.1 g/mol. The van der Waals surface area contributed by atoms with Gasteiger partial charge in [0.25, 0.3) is 0 Å². The van der Waals surface area contributed by atoms with Gasteiger partial charge in [0.15, 0.2) is 0 Å². The first kappa shape index (κ1) is 3.46. The summed E-state index contributed by atoms with van der Waals surface area (Å²) < 4.78 is 6.37. The van der Waals surface area contributed by atoms with Crippen LogP contribution in [-0.4, -0.2) is 18.2 Å². The van der Waals surface area contributed by atoms with Gasteiger partial charge in [-0.1, -0.05) is 5.11 Å². The molecule has 1 unspecified atom stereocenters. The predicted octanol–water partition coefficient (Wildman–Crippen LogP) is 0.289. The van der Waals surface area contributed by atoms with Gasteiger partial charge in [-0.05, 0) is 5.53 Å². The van der Waals surface area contributed by atoms with Crippen molar-refractivity contribution in [2.75, 3.05) is 13.1 Å². The van der Waals surface area contributed by atoms with Gasteiger partial charge in [0, 0.05) is 18.0 Å². The molecule has 0 radical (unpaired) electrons. The van der Waals surface area contributed by atoms with Crippen LogP contribution in [0.5, 0.6) is 0 Å². The zero-order valence-corrected chi connectivity index (χ0v) is 3.07. The Morgan fingerprint density at radius 3 is 3.00 bits per heavy atom. The van der Waals surface area contributed by atoms with Crippen LogP contribution in [0.1, 0.15) is 1.37 Å². The molecule has 4 nitrogen and oxygen atoms in total. The number of hydrogen-bond donors (Lipinski definition) is 1. The van der Waals surface area contributed by atoms with Crippen LogP contribution < -0.4 is 0 Å². The molecule has 0 aliphatic rings. The van der Waals surface area contributed by atoms with E-state index >= 15 is 0 Å². The van der Waals surface area contributed by atoms with Crippen molar-refractivity contribution in [3.8, 4) is 0 Å². The van der Waals surface area contributed by atoms with Gasteiger partial charge in [-0.15, -0.1) is 0 Å². The fourth-order valence-corrected chi connectivity index (χ4v) is 0.0730. The van der Waals surface area contributed by atoms with E-state index in [-0.39, 0.29) is 6.54 Å². The Morgan fingerprint density at radius 1 is 2.17 bits per heavy atom. The van der Waals surface area contributed by atoms with E-state index in [0.29, 0.717) is 0 Å². The SMILES string of the molecule is [3H]C(O)CN=[N+]=[N-]. The topological polar surface area (TPSA) is 69.0 Å². The smallest absolute Gasteiger partial charge is 0.0565 e. The van der Waals surface area contributed by atoms with Crippen molar-refractivity contribution >= 4 is 0 Å². The summed E-state index contributed by atoms with van der Waals surface area (Å²) in [5.41, 5.74) is 7.58. The standard InChI is InChI=1S/C2H5N3O/c3-5-4-1-2-6/h6H,1-2H2/i2T. The highest BCUT2D eigenvalue weighted by Crippen LogP contribution is 1.63. The molecule has 0 rings (SSSR count). The molecule has 0 heterocycles.